The van der Waals surface area contributed by atoms with Gasteiger partial charge in [-0.25, -0.2) is 13.6 Å². The minimum Gasteiger partial charge on any atom is -0.489 e. The lowest BCUT2D eigenvalue weighted by molar-refractivity contribution is 0.0525. The molecule has 24 heavy (non-hydrogen) atoms. The molecule has 1 aromatic rings. The standard InChI is InChI=1S/C18H23F2NO3/c1-5-6-23-16-9-15(20)14(19)8-13(16)12-7-11(12)10-21-17(22)24-18(2,3)4/h5,8-9,11-12H,1,6-7,10H2,2-4H3,(H,21,22). The third-order valence-electron chi connectivity index (χ3n) is 3.64. The van der Waals surface area contributed by atoms with Crippen molar-refractivity contribution < 1.29 is 23.0 Å². The summed E-state index contributed by atoms with van der Waals surface area (Å²) in [4.78, 5) is 11.7. The predicted molar refractivity (Wildman–Crippen MR) is 87.1 cm³/mol. The maximum Gasteiger partial charge on any atom is 0.407 e. The zero-order chi connectivity index (χ0) is 17.9. The van der Waals surface area contributed by atoms with Crippen molar-refractivity contribution in [3.8, 4) is 5.75 Å². The lowest BCUT2D eigenvalue weighted by atomic mass is 10.1. The number of halogens is 2. The monoisotopic (exact) mass is 339 g/mol. The second kappa shape index (κ2) is 7.20. The van der Waals surface area contributed by atoms with Crippen molar-refractivity contribution >= 4 is 6.09 Å². The summed E-state index contributed by atoms with van der Waals surface area (Å²) in [6.07, 6.45) is 1.83. The molecule has 4 nitrogen and oxygen atoms in total. The van der Waals surface area contributed by atoms with Crippen LogP contribution in [0.25, 0.3) is 0 Å². The predicted octanol–water partition coefficient (Wildman–Crippen LogP) is 4.16. The van der Waals surface area contributed by atoms with Crippen molar-refractivity contribution in [3.05, 3.63) is 42.0 Å². The van der Waals surface area contributed by atoms with Crippen LogP contribution in [-0.2, 0) is 4.74 Å². The molecule has 2 rings (SSSR count). The summed E-state index contributed by atoms with van der Waals surface area (Å²) in [5.74, 6) is -1.36. The molecule has 0 bridgehead atoms. The summed E-state index contributed by atoms with van der Waals surface area (Å²) in [5.41, 5.74) is 0.0606. The van der Waals surface area contributed by atoms with E-state index in [9.17, 15) is 13.6 Å². The first-order chi connectivity index (χ1) is 11.2. The van der Waals surface area contributed by atoms with E-state index in [1.165, 1.54) is 6.07 Å². The first-order valence-electron chi connectivity index (χ1n) is 7.90. The van der Waals surface area contributed by atoms with Crippen molar-refractivity contribution in [2.45, 2.75) is 38.7 Å². The van der Waals surface area contributed by atoms with Gasteiger partial charge < -0.3 is 14.8 Å². The molecule has 1 aliphatic carbocycles. The van der Waals surface area contributed by atoms with Crippen LogP contribution in [0.5, 0.6) is 5.75 Å². The van der Waals surface area contributed by atoms with Crippen LogP contribution in [0.1, 0.15) is 38.7 Å². The molecule has 1 aliphatic rings. The molecule has 1 aromatic carbocycles. The van der Waals surface area contributed by atoms with Crippen LogP contribution in [0.3, 0.4) is 0 Å². The van der Waals surface area contributed by atoms with Gasteiger partial charge in [0, 0.05) is 18.2 Å². The fourth-order valence-corrected chi connectivity index (χ4v) is 2.49. The first-order valence-corrected chi connectivity index (χ1v) is 7.90. The van der Waals surface area contributed by atoms with Gasteiger partial charge in [-0.2, -0.15) is 0 Å². The van der Waals surface area contributed by atoms with Crippen molar-refractivity contribution in [1.29, 1.82) is 0 Å². The number of alkyl carbamates (subject to hydrolysis) is 1. The summed E-state index contributed by atoms with van der Waals surface area (Å²) in [7, 11) is 0. The topological polar surface area (TPSA) is 47.6 Å². The quantitative estimate of drug-likeness (QED) is 0.792. The number of carbonyl (C=O) groups is 1. The maximum atomic E-state index is 13.6. The highest BCUT2D eigenvalue weighted by Gasteiger charge is 2.41. The SMILES string of the molecule is C=CCOc1cc(F)c(F)cc1C1CC1CNC(=O)OC(C)(C)C. The molecule has 0 radical (unpaired) electrons. The number of hydrogen-bond donors (Lipinski definition) is 1. The highest BCUT2D eigenvalue weighted by Crippen LogP contribution is 2.50. The minimum atomic E-state index is -0.943. The molecular weight excluding hydrogens is 316 g/mol. The third kappa shape index (κ3) is 4.94. The Bertz CT molecular complexity index is 625. The lowest BCUT2D eigenvalue weighted by Gasteiger charge is -2.19. The second-order valence-corrected chi connectivity index (χ2v) is 6.89. The normalized spacial score (nSPS) is 19.5. The van der Waals surface area contributed by atoms with Crippen LogP contribution >= 0.6 is 0 Å². The van der Waals surface area contributed by atoms with Gasteiger partial charge in [0.25, 0.3) is 0 Å². The Morgan fingerprint density at radius 3 is 2.67 bits per heavy atom. The summed E-state index contributed by atoms with van der Waals surface area (Å²) in [6, 6.07) is 2.23. The van der Waals surface area contributed by atoms with E-state index < -0.39 is 23.3 Å². The van der Waals surface area contributed by atoms with E-state index in [1.807, 2.05) is 0 Å². The van der Waals surface area contributed by atoms with Gasteiger partial charge >= 0.3 is 6.09 Å². The Hall–Kier alpha value is -2.11. The number of nitrogens with one attached hydrogen (secondary N) is 1. The average Bonchev–Trinajstić information content (AvgIpc) is 3.23. The zero-order valence-corrected chi connectivity index (χ0v) is 14.2. The van der Waals surface area contributed by atoms with E-state index >= 15 is 0 Å². The Balaban J connectivity index is 1.97. The Morgan fingerprint density at radius 1 is 1.38 bits per heavy atom. The van der Waals surface area contributed by atoms with Crippen LogP contribution in [0.2, 0.25) is 0 Å². The smallest absolute Gasteiger partial charge is 0.407 e. The van der Waals surface area contributed by atoms with Crippen LogP contribution < -0.4 is 10.1 Å². The molecule has 0 aromatic heterocycles. The van der Waals surface area contributed by atoms with Crippen LogP contribution in [0, 0.1) is 17.6 Å². The van der Waals surface area contributed by atoms with Crippen molar-refractivity contribution in [1.82, 2.24) is 5.32 Å². The van der Waals surface area contributed by atoms with Crippen molar-refractivity contribution in [2.75, 3.05) is 13.2 Å². The van der Waals surface area contributed by atoms with E-state index in [0.717, 1.165) is 12.5 Å². The number of carbonyl (C=O) groups excluding carboxylic acids is 1. The molecule has 0 spiro atoms. The molecule has 0 heterocycles. The van der Waals surface area contributed by atoms with E-state index in [-0.39, 0.29) is 18.4 Å². The molecule has 0 aliphatic heterocycles. The Kier molecular flexibility index (Phi) is 5.47. The van der Waals surface area contributed by atoms with Crippen molar-refractivity contribution in [2.24, 2.45) is 5.92 Å². The van der Waals surface area contributed by atoms with E-state index in [1.54, 1.807) is 26.8 Å². The first kappa shape index (κ1) is 18.2. The Labute approximate surface area is 140 Å². The maximum absolute atomic E-state index is 13.6. The number of ether oxygens (including phenoxy) is 2. The van der Waals surface area contributed by atoms with Gasteiger partial charge in [0.15, 0.2) is 11.6 Å². The van der Waals surface area contributed by atoms with E-state index in [4.69, 9.17) is 9.47 Å². The highest BCUT2D eigenvalue weighted by molar-refractivity contribution is 5.67. The molecule has 2 atom stereocenters. The molecular formula is C18H23F2NO3. The molecule has 1 amide bonds. The van der Waals surface area contributed by atoms with Gasteiger partial charge in [0.1, 0.15) is 18.0 Å². The average molecular weight is 339 g/mol. The lowest BCUT2D eigenvalue weighted by Crippen LogP contribution is -2.33. The van der Waals surface area contributed by atoms with Crippen molar-refractivity contribution in [3.63, 3.8) is 0 Å². The fraction of sp³-hybridized carbons (Fsp3) is 0.500. The molecule has 1 saturated carbocycles. The van der Waals surface area contributed by atoms with Gasteiger partial charge in [-0.15, -0.1) is 0 Å². The number of hydrogen-bond acceptors (Lipinski definition) is 3. The summed E-state index contributed by atoms with van der Waals surface area (Å²) >= 11 is 0. The molecule has 2 unspecified atom stereocenters. The molecule has 0 saturated heterocycles. The highest BCUT2D eigenvalue weighted by atomic mass is 19.2. The van der Waals surface area contributed by atoms with E-state index in [2.05, 4.69) is 11.9 Å². The van der Waals surface area contributed by atoms with Crippen LogP contribution in [0.4, 0.5) is 13.6 Å². The second-order valence-electron chi connectivity index (χ2n) is 6.89. The zero-order valence-electron chi connectivity index (χ0n) is 14.2. The Morgan fingerprint density at radius 2 is 2.04 bits per heavy atom. The summed E-state index contributed by atoms with van der Waals surface area (Å²) in [6.45, 7) is 9.54. The molecule has 1 fully saturated rings. The van der Waals surface area contributed by atoms with Gasteiger partial charge in [0.05, 0.1) is 0 Å². The van der Waals surface area contributed by atoms with Crippen LogP contribution in [-0.4, -0.2) is 24.8 Å². The van der Waals surface area contributed by atoms with Gasteiger partial charge in [0.2, 0.25) is 0 Å². The van der Waals surface area contributed by atoms with E-state index in [0.29, 0.717) is 17.9 Å². The molecule has 6 heteroatoms. The van der Waals surface area contributed by atoms with Gasteiger partial charge in [-0.05, 0) is 45.1 Å². The minimum absolute atomic E-state index is 0.0230. The van der Waals surface area contributed by atoms with Crippen LogP contribution in [0.15, 0.2) is 24.8 Å². The number of benzene rings is 1. The molecule has 1 N–H and O–H groups in total. The number of rotatable bonds is 6. The molecule has 132 valence electrons. The summed E-state index contributed by atoms with van der Waals surface area (Å²) in [5, 5.41) is 2.70. The van der Waals surface area contributed by atoms with Gasteiger partial charge in [-0.3, -0.25) is 0 Å². The number of amides is 1. The van der Waals surface area contributed by atoms with Gasteiger partial charge in [-0.1, -0.05) is 12.7 Å². The largest absolute Gasteiger partial charge is 0.489 e. The summed E-state index contributed by atoms with van der Waals surface area (Å²) < 4.78 is 37.6. The fourth-order valence-electron chi connectivity index (χ4n) is 2.49. The third-order valence-corrected chi connectivity index (χ3v) is 3.64.